The topological polar surface area (TPSA) is 52.4 Å². The van der Waals surface area contributed by atoms with E-state index in [1.807, 2.05) is 0 Å². The van der Waals surface area contributed by atoms with Gasteiger partial charge in [0.25, 0.3) is 5.69 Å². The SMILES string of the molecule is COc1ccc([N+](=O)[O-])c(-c2cc(Cl)ccc2Br)c1. The first-order valence-electron chi connectivity index (χ1n) is 5.31. The zero-order valence-corrected chi connectivity index (χ0v) is 12.2. The van der Waals surface area contributed by atoms with Gasteiger partial charge < -0.3 is 4.74 Å². The second-order valence-corrected chi connectivity index (χ2v) is 5.06. The molecule has 0 radical (unpaired) electrons. The molecule has 0 N–H and O–H groups in total. The molecule has 0 spiro atoms. The van der Waals surface area contributed by atoms with Crippen molar-refractivity contribution in [1.82, 2.24) is 0 Å². The van der Waals surface area contributed by atoms with Crippen molar-refractivity contribution in [2.24, 2.45) is 0 Å². The van der Waals surface area contributed by atoms with Crippen molar-refractivity contribution in [3.63, 3.8) is 0 Å². The molecule has 0 fully saturated rings. The zero-order valence-electron chi connectivity index (χ0n) is 9.89. The quantitative estimate of drug-likeness (QED) is 0.601. The average molecular weight is 343 g/mol. The second-order valence-electron chi connectivity index (χ2n) is 3.76. The van der Waals surface area contributed by atoms with Crippen LogP contribution in [0, 0.1) is 10.1 Å². The Balaban J connectivity index is 2.71. The van der Waals surface area contributed by atoms with Crippen LogP contribution >= 0.6 is 27.5 Å². The number of nitro benzene ring substituents is 1. The number of benzene rings is 2. The Morgan fingerprint density at radius 2 is 1.95 bits per heavy atom. The van der Waals surface area contributed by atoms with Gasteiger partial charge >= 0.3 is 0 Å². The Kier molecular flexibility index (Phi) is 4.07. The number of halogens is 2. The highest BCUT2D eigenvalue weighted by Crippen LogP contribution is 2.38. The Labute approximate surface area is 123 Å². The molecule has 98 valence electrons. The highest BCUT2D eigenvalue weighted by Gasteiger charge is 2.18. The number of rotatable bonds is 3. The highest BCUT2D eigenvalue weighted by molar-refractivity contribution is 9.10. The van der Waals surface area contributed by atoms with Crippen molar-refractivity contribution in [2.75, 3.05) is 7.11 Å². The molecule has 0 aliphatic carbocycles. The van der Waals surface area contributed by atoms with Crippen LogP contribution in [-0.2, 0) is 0 Å². The van der Waals surface area contributed by atoms with Gasteiger partial charge in [-0.25, -0.2) is 0 Å². The predicted molar refractivity (Wildman–Crippen MR) is 77.8 cm³/mol. The molecule has 0 heterocycles. The normalized spacial score (nSPS) is 10.3. The molecule has 2 rings (SSSR count). The molecule has 0 aliphatic heterocycles. The third kappa shape index (κ3) is 2.88. The van der Waals surface area contributed by atoms with Gasteiger partial charge in [0.05, 0.1) is 17.6 Å². The molecule has 0 aromatic heterocycles. The first kappa shape index (κ1) is 13.8. The largest absolute Gasteiger partial charge is 0.497 e. The van der Waals surface area contributed by atoms with Crippen molar-refractivity contribution < 1.29 is 9.66 Å². The summed E-state index contributed by atoms with van der Waals surface area (Å²) in [7, 11) is 1.51. The van der Waals surface area contributed by atoms with Gasteiger partial charge in [0.2, 0.25) is 0 Å². The molecule has 6 heteroatoms. The van der Waals surface area contributed by atoms with Gasteiger partial charge in [-0.05, 0) is 30.3 Å². The van der Waals surface area contributed by atoms with Crippen molar-refractivity contribution in [3.8, 4) is 16.9 Å². The van der Waals surface area contributed by atoms with Crippen molar-refractivity contribution in [3.05, 3.63) is 56.0 Å². The van der Waals surface area contributed by atoms with E-state index in [1.165, 1.54) is 13.2 Å². The van der Waals surface area contributed by atoms with Crippen LogP contribution in [-0.4, -0.2) is 12.0 Å². The smallest absolute Gasteiger partial charge is 0.277 e. The molecular weight excluding hydrogens is 334 g/mol. The van der Waals surface area contributed by atoms with Crippen molar-refractivity contribution >= 4 is 33.2 Å². The van der Waals surface area contributed by atoms with Crippen molar-refractivity contribution in [1.29, 1.82) is 0 Å². The Bertz CT molecular complexity index is 646. The first-order valence-corrected chi connectivity index (χ1v) is 6.48. The van der Waals surface area contributed by atoms with E-state index in [2.05, 4.69) is 15.9 Å². The molecule has 0 saturated heterocycles. The molecule has 0 aliphatic rings. The monoisotopic (exact) mass is 341 g/mol. The zero-order chi connectivity index (χ0) is 14.0. The maximum Gasteiger partial charge on any atom is 0.277 e. The first-order chi connectivity index (χ1) is 9.02. The van der Waals surface area contributed by atoms with E-state index in [0.29, 0.717) is 21.9 Å². The van der Waals surface area contributed by atoms with Crippen molar-refractivity contribution in [2.45, 2.75) is 0 Å². The molecule has 0 saturated carbocycles. The average Bonchev–Trinajstić information content (AvgIpc) is 2.40. The Morgan fingerprint density at radius 3 is 2.58 bits per heavy atom. The van der Waals surface area contributed by atoms with Crippen LogP contribution < -0.4 is 4.74 Å². The molecular formula is C13H9BrClNO3. The maximum atomic E-state index is 11.1. The fourth-order valence-electron chi connectivity index (χ4n) is 1.72. The number of hydrogen-bond donors (Lipinski definition) is 0. The van der Waals surface area contributed by atoms with Crippen LogP contribution in [0.25, 0.3) is 11.1 Å². The van der Waals surface area contributed by atoms with Crippen LogP contribution in [0.4, 0.5) is 5.69 Å². The molecule has 4 nitrogen and oxygen atoms in total. The predicted octanol–water partition coefficient (Wildman–Crippen LogP) is 4.69. The van der Waals surface area contributed by atoms with Gasteiger partial charge in [-0.1, -0.05) is 27.5 Å². The third-order valence-electron chi connectivity index (χ3n) is 2.62. The van der Waals surface area contributed by atoms with E-state index in [9.17, 15) is 10.1 Å². The van der Waals surface area contributed by atoms with Gasteiger partial charge in [0.1, 0.15) is 5.75 Å². The lowest BCUT2D eigenvalue weighted by molar-refractivity contribution is -0.384. The number of hydrogen-bond acceptors (Lipinski definition) is 3. The lowest BCUT2D eigenvalue weighted by Gasteiger charge is -2.08. The summed E-state index contributed by atoms with van der Waals surface area (Å²) in [5.74, 6) is 0.549. The van der Waals surface area contributed by atoms with Gasteiger partial charge in [0, 0.05) is 21.1 Å². The van der Waals surface area contributed by atoms with Gasteiger partial charge in [-0.2, -0.15) is 0 Å². The lowest BCUT2D eigenvalue weighted by Crippen LogP contribution is -1.94. The number of nitro groups is 1. The van der Waals surface area contributed by atoms with Gasteiger partial charge in [0.15, 0.2) is 0 Å². The molecule has 19 heavy (non-hydrogen) atoms. The van der Waals surface area contributed by atoms with E-state index >= 15 is 0 Å². The molecule has 0 amide bonds. The number of ether oxygens (including phenoxy) is 1. The molecule has 0 atom stereocenters. The molecule has 0 bridgehead atoms. The summed E-state index contributed by atoms with van der Waals surface area (Å²) in [6, 6.07) is 9.73. The highest BCUT2D eigenvalue weighted by atomic mass is 79.9. The minimum atomic E-state index is -0.428. The Hall–Kier alpha value is -1.59. The molecule has 2 aromatic carbocycles. The lowest BCUT2D eigenvalue weighted by atomic mass is 10.0. The van der Waals surface area contributed by atoms with Gasteiger partial charge in [-0.15, -0.1) is 0 Å². The third-order valence-corrected chi connectivity index (χ3v) is 3.55. The van der Waals surface area contributed by atoms with Crippen LogP contribution in [0.5, 0.6) is 5.75 Å². The van der Waals surface area contributed by atoms with E-state index in [-0.39, 0.29) is 5.69 Å². The number of methoxy groups -OCH3 is 1. The van der Waals surface area contributed by atoms with E-state index in [0.717, 1.165) is 4.47 Å². The summed E-state index contributed by atoms with van der Waals surface area (Å²) >= 11 is 9.33. The minimum absolute atomic E-state index is 0.00349. The Morgan fingerprint density at radius 1 is 1.21 bits per heavy atom. The van der Waals surface area contributed by atoms with Gasteiger partial charge in [-0.3, -0.25) is 10.1 Å². The van der Waals surface area contributed by atoms with E-state index in [4.69, 9.17) is 16.3 Å². The van der Waals surface area contributed by atoms with Crippen LogP contribution in [0.3, 0.4) is 0 Å². The summed E-state index contributed by atoms with van der Waals surface area (Å²) in [6.07, 6.45) is 0. The summed E-state index contributed by atoms with van der Waals surface area (Å²) in [4.78, 5) is 10.7. The second kappa shape index (κ2) is 5.59. The maximum absolute atomic E-state index is 11.1. The van der Waals surface area contributed by atoms with E-state index < -0.39 is 4.92 Å². The summed E-state index contributed by atoms with van der Waals surface area (Å²) < 4.78 is 5.84. The fourth-order valence-corrected chi connectivity index (χ4v) is 2.35. The molecule has 0 unspecified atom stereocenters. The summed E-state index contributed by atoms with van der Waals surface area (Å²) in [6.45, 7) is 0. The minimum Gasteiger partial charge on any atom is -0.497 e. The van der Waals surface area contributed by atoms with Crippen LogP contribution in [0.2, 0.25) is 5.02 Å². The van der Waals surface area contributed by atoms with Crippen LogP contribution in [0.1, 0.15) is 0 Å². The standard InChI is InChI=1S/C13H9BrClNO3/c1-19-9-3-5-13(16(17)18)11(7-9)10-6-8(15)2-4-12(10)14/h2-7H,1H3. The fraction of sp³-hybridized carbons (Fsp3) is 0.0769. The molecule has 2 aromatic rings. The van der Waals surface area contributed by atoms with E-state index in [1.54, 1.807) is 30.3 Å². The summed E-state index contributed by atoms with van der Waals surface area (Å²) in [5, 5.41) is 11.6. The van der Waals surface area contributed by atoms with Crippen LogP contribution in [0.15, 0.2) is 40.9 Å². The number of nitrogens with zero attached hydrogens (tertiary/aromatic N) is 1. The summed E-state index contributed by atoms with van der Waals surface area (Å²) in [5.41, 5.74) is 1.11.